The maximum Gasteiger partial charge on any atom is 0.0638 e. The van der Waals surface area contributed by atoms with Crippen LogP contribution in [0, 0.1) is 11.3 Å². The number of nitriles is 1. The van der Waals surface area contributed by atoms with Crippen LogP contribution in [-0.4, -0.2) is 37.1 Å². The fourth-order valence-corrected chi connectivity index (χ4v) is 1.45. The molecule has 0 rings (SSSR count). The summed E-state index contributed by atoms with van der Waals surface area (Å²) in [6.07, 6.45) is 2.83. The fourth-order valence-electron chi connectivity index (χ4n) is 1.45. The molecule has 0 aromatic rings. The summed E-state index contributed by atoms with van der Waals surface area (Å²) < 4.78 is 0. The topological polar surface area (TPSA) is 39.1 Å². The summed E-state index contributed by atoms with van der Waals surface area (Å²) in [4.78, 5) is 2.35. The number of nitrogens with zero attached hydrogens (tertiary/aromatic N) is 2. The maximum atomic E-state index is 8.60. The molecule has 1 N–H and O–H groups in total. The van der Waals surface area contributed by atoms with Gasteiger partial charge in [-0.05, 0) is 26.8 Å². The number of likely N-dealkylation sites (N-methyl/N-ethyl adjacent to an activating group) is 1. The molecule has 15 heavy (non-hydrogen) atoms. The van der Waals surface area contributed by atoms with E-state index in [1.165, 1.54) is 6.42 Å². The smallest absolute Gasteiger partial charge is 0.0638 e. The van der Waals surface area contributed by atoms with Gasteiger partial charge in [0.25, 0.3) is 0 Å². The molecule has 0 aromatic carbocycles. The molecule has 3 nitrogen and oxygen atoms in total. The average Bonchev–Trinajstić information content (AvgIpc) is 2.26. The van der Waals surface area contributed by atoms with E-state index in [0.717, 1.165) is 19.5 Å². The Morgan fingerprint density at radius 2 is 2.00 bits per heavy atom. The van der Waals surface area contributed by atoms with Crippen LogP contribution in [0.2, 0.25) is 0 Å². The van der Waals surface area contributed by atoms with Crippen LogP contribution in [-0.2, 0) is 0 Å². The average molecular weight is 211 g/mol. The van der Waals surface area contributed by atoms with Crippen molar-refractivity contribution in [2.75, 3.05) is 20.1 Å². The quantitative estimate of drug-likeness (QED) is 0.667. The van der Waals surface area contributed by atoms with Gasteiger partial charge in [0.05, 0.1) is 12.5 Å². The zero-order chi connectivity index (χ0) is 11.7. The van der Waals surface area contributed by atoms with Crippen LogP contribution < -0.4 is 5.32 Å². The van der Waals surface area contributed by atoms with E-state index in [1.54, 1.807) is 0 Å². The highest BCUT2D eigenvalue weighted by Crippen LogP contribution is 1.99. The van der Waals surface area contributed by atoms with Crippen molar-refractivity contribution in [2.45, 2.75) is 52.1 Å². The minimum Gasteiger partial charge on any atom is -0.312 e. The normalized spacial score (nSPS) is 14.9. The Kier molecular flexibility index (Phi) is 8.35. The molecule has 3 heteroatoms. The Morgan fingerprint density at radius 3 is 2.47 bits per heavy atom. The highest BCUT2D eigenvalue weighted by molar-refractivity contribution is 4.79. The molecule has 2 atom stereocenters. The molecular formula is C12H25N3. The SMILES string of the molecule is CCC(CC#N)NCCN(C)C(C)CC. The summed E-state index contributed by atoms with van der Waals surface area (Å²) in [5.74, 6) is 0. The molecule has 0 aromatic heterocycles. The molecule has 0 aliphatic heterocycles. The third kappa shape index (κ3) is 6.48. The van der Waals surface area contributed by atoms with Gasteiger partial charge in [0.2, 0.25) is 0 Å². The molecule has 0 aliphatic carbocycles. The Balaban J connectivity index is 3.63. The molecule has 0 aliphatic rings. The summed E-state index contributed by atoms with van der Waals surface area (Å²) >= 11 is 0. The van der Waals surface area contributed by atoms with E-state index in [1.807, 2.05) is 0 Å². The summed E-state index contributed by atoms with van der Waals surface area (Å²) in [5, 5.41) is 12.0. The van der Waals surface area contributed by atoms with Crippen molar-refractivity contribution < 1.29 is 0 Å². The molecule has 0 saturated carbocycles. The Morgan fingerprint density at radius 1 is 1.33 bits per heavy atom. The van der Waals surface area contributed by atoms with Gasteiger partial charge in [-0.25, -0.2) is 0 Å². The van der Waals surface area contributed by atoms with Gasteiger partial charge in [-0.15, -0.1) is 0 Å². The molecule has 0 spiro atoms. The van der Waals surface area contributed by atoms with Gasteiger partial charge in [-0.2, -0.15) is 5.26 Å². The Bertz CT molecular complexity index is 186. The van der Waals surface area contributed by atoms with Gasteiger partial charge in [0, 0.05) is 25.2 Å². The summed E-state index contributed by atoms with van der Waals surface area (Å²) in [7, 11) is 2.15. The van der Waals surface area contributed by atoms with Crippen molar-refractivity contribution in [3.05, 3.63) is 0 Å². The van der Waals surface area contributed by atoms with E-state index in [4.69, 9.17) is 5.26 Å². The van der Waals surface area contributed by atoms with Crippen LogP contribution in [0.25, 0.3) is 0 Å². The molecule has 0 fully saturated rings. The first-order valence-corrected chi connectivity index (χ1v) is 5.96. The van der Waals surface area contributed by atoms with Crippen molar-refractivity contribution in [1.29, 1.82) is 5.26 Å². The zero-order valence-electron chi connectivity index (χ0n) is 10.6. The Labute approximate surface area is 94.5 Å². The maximum absolute atomic E-state index is 8.60. The van der Waals surface area contributed by atoms with E-state index in [9.17, 15) is 0 Å². The molecule has 0 saturated heterocycles. The molecule has 0 amide bonds. The van der Waals surface area contributed by atoms with E-state index in [0.29, 0.717) is 18.5 Å². The van der Waals surface area contributed by atoms with Crippen LogP contribution in [0.3, 0.4) is 0 Å². The molecule has 0 bridgehead atoms. The third-order valence-corrected chi connectivity index (χ3v) is 3.07. The molecule has 0 heterocycles. The first-order valence-electron chi connectivity index (χ1n) is 5.96. The standard InChI is InChI=1S/C12H25N3/c1-5-11(3)15(4)10-9-14-12(6-2)7-8-13/h11-12,14H,5-7,9-10H2,1-4H3. The predicted octanol–water partition coefficient (Wildman–Crippen LogP) is 2.00. The summed E-state index contributed by atoms with van der Waals surface area (Å²) in [6.45, 7) is 8.59. The third-order valence-electron chi connectivity index (χ3n) is 3.07. The van der Waals surface area contributed by atoms with Crippen LogP contribution in [0.5, 0.6) is 0 Å². The minimum absolute atomic E-state index is 0.361. The van der Waals surface area contributed by atoms with Crippen molar-refractivity contribution >= 4 is 0 Å². The van der Waals surface area contributed by atoms with Crippen LogP contribution in [0.15, 0.2) is 0 Å². The number of rotatable bonds is 8. The van der Waals surface area contributed by atoms with E-state index in [-0.39, 0.29) is 0 Å². The second kappa shape index (κ2) is 8.70. The van der Waals surface area contributed by atoms with Gasteiger partial charge < -0.3 is 10.2 Å². The monoisotopic (exact) mass is 211 g/mol. The van der Waals surface area contributed by atoms with Crippen molar-refractivity contribution in [1.82, 2.24) is 10.2 Å². The largest absolute Gasteiger partial charge is 0.312 e. The predicted molar refractivity (Wildman–Crippen MR) is 64.7 cm³/mol. The lowest BCUT2D eigenvalue weighted by Gasteiger charge is -2.24. The molecular weight excluding hydrogens is 186 g/mol. The van der Waals surface area contributed by atoms with Gasteiger partial charge in [0.15, 0.2) is 0 Å². The van der Waals surface area contributed by atoms with Gasteiger partial charge in [-0.1, -0.05) is 13.8 Å². The molecule has 0 radical (unpaired) electrons. The van der Waals surface area contributed by atoms with E-state index >= 15 is 0 Å². The molecule has 88 valence electrons. The zero-order valence-corrected chi connectivity index (χ0v) is 10.6. The number of nitrogens with one attached hydrogen (secondary N) is 1. The van der Waals surface area contributed by atoms with E-state index < -0.39 is 0 Å². The minimum atomic E-state index is 0.361. The first kappa shape index (κ1) is 14.4. The lowest BCUT2D eigenvalue weighted by Crippen LogP contribution is -2.38. The van der Waals surface area contributed by atoms with Gasteiger partial charge in [-0.3, -0.25) is 0 Å². The van der Waals surface area contributed by atoms with Crippen LogP contribution >= 0.6 is 0 Å². The van der Waals surface area contributed by atoms with Gasteiger partial charge >= 0.3 is 0 Å². The van der Waals surface area contributed by atoms with Crippen LogP contribution in [0.1, 0.15) is 40.0 Å². The Hall–Kier alpha value is -0.590. The van der Waals surface area contributed by atoms with E-state index in [2.05, 4.69) is 44.1 Å². The lowest BCUT2D eigenvalue weighted by molar-refractivity contribution is 0.248. The second-order valence-electron chi connectivity index (χ2n) is 4.16. The highest BCUT2D eigenvalue weighted by Gasteiger charge is 2.08. The van der Waals surface area contributed by atoms with Crippen LogP contribution in [0.4, 0.5) is 0 Å². The van der Waals surface area contributed by atoms with Crippen molar-refractivity contribution in [3.8, 4) is 6.07 Å². The fraction of sp³-hybridized carbons (Fsp3) is 0.917. The highest BCUT2D eigenvalue weighted by atomic mass is 15.1. The van der Waals surface area contributed by atoms with Crippen molar-refractivity contribution in [2.24, 2.45) is 0 Å². The first-order chi connectivity index (χ1) is 7.15. The van der Waals surface area contributed by atoms with Gasteiger partial charge in [0.1, 0.15) is 0 Å². The number of hydrogen-bond donors (Lipinski definition) is 1. The number of hydrogen-bond acceptors (Lipinski definition) is 3. The second-order valence-corrected chi connectivity index (χ2v) is 4.16. The summed E-state index contributed by atoms with van der Waals surface area (Å²) in [5.41, 5.74) is 0. The summed E-state index contributed by atoms with van der Waals surface area (Å²) in [6, 6.07) is 3.22. The lowest BCUT2D eigenvalue weighted by atomic mass is 10.1. The van der Waals surface area contributed by atoms with Crippen molar-refractivity contribution in [3.63, 3.8) is 0 Å². The molecule has 2 unspecified atom stereocenters.